The third-order valence-corrected chi connectivity index (χ3v) is 9.46. The summed E-state index contributed by atoms with van der Waals surface area (Å²) in [7, 11) is 0. The van der Waals surface area contributed by atoms with Crippen molar-refractivity contribution in [3.8, 4) is 24.3 Å². The molecule has 0 aliphatic heterocycles. The Morgan fingerprint density at radius 3 is 0.878 bits per heavy atom. The van der Waals surface area contributed by atoms with Gasteiger partial charge < -0.3 is 0 Å². The van der Waals surface area contributed by atoms with Crippen molar-refractivity contribution in [3.05, 3.63) is 0 Å². The largest absolute Gasteiger partial charge is 0.271 e. The van der Waals surface area contributed by atoms with E-state index in [0.29, 0.717) is 69.2 Å². The molecule has 0 aliphatic rings. The predicted molar refractivity (Wildman–Crippen MR) is 141 cm³/mol. The van der Waals surface area contributed by atoms with Crippen molar-refractivity contribution in [3.63, 3.8) is 0 Å². The predicted octanol–water partition coefficient (Wildman–Crippen LogP) is 9.29. The topological polar surface area (TPSA) is 95.2 Å². The number of hydrogen-bond acceptors (Lipinski definition) is 4. The molecule has 0 spiro atoms. The first-order valence-corrected chi connectivity index (χ1v) is 13.1. The second-order valence-electron chi connectivity index (χ2n) is 14.6. The summed E-state index contributed by atoms with van der Waals surface area (Å²) in [4.78, 5) is 0. The van der Waals surface area contributed by atoms with Crippen LogP contribution in [0, 0.1) is 83.7 Å². The molecule has 11 heteroatoms. The Labute approximate surface area is 240 Å². The molecule has 0 aromatic heterocycles. The number of hydrogen-bond donors (Lipinski definition) is 0. The van der Waals surface area contributed by atoms with E-state index in [9.17, 15) is 21.0 Å². The van der Waals surface area contributed by atoms with E-state index in [1.807, 2.05) is 0 Å². The summed E-state index contributed by atoms with van der Waals surface area (Å²) < 4.78 is 118. The lowest BCUT2D eigenvalue weighted by atomic mass is 9.30. The summed E-state index contributed by atoms with van der Waals surface area (Å²) in [5, 5.41) is 40.8. The van der Waals surface area contributed by atoms with E-state index in [-0.39, 0.29) is 0 Å². The molecule has 0 saturated heterocycles. The average Bonchev–Trinajstić information content (AvgIpc) is 2.75. The molecular formula is C30H43F7N4. The number of rotatable bonds is 11. The van der Waals surface area contributed by atoms with Gasteiger partial charge in [0.1, 0.15) is 33.3 Å². The highest BCUT2D eigenvalue weighted by molar-refractivity contribution is 5.37. The molecule has 0 aromatic rings. The molecule has 4 nitrogen and oxygen atoms in total. The summed E-state index contributed by atoms with van der Waals surface area (Å²) in [6.07, 6.45) is 0. The molecule has 1 atom stereocenters. The first-order chi connectivity index (χ1) is 17.6. The van der Waals surface area contributed by atoms with E-state index in [4.69, 9.17) is 0 Å². The second-order valence-corrected chi connectivity index (χ2v) is 14.6. The van der Waals surface area contributed by atoms with Crippen LogP contribution in [0.1, 0.15) is 96.9 Å². The number of alkyl halides is 7. The molecular weight excluding hydrogens is 549 g/mol. The summed E-state index contributed by atoms with van der Waals surface area (Å²) in [6, 6.07) is 5.68. The van der Waals surface area contributed by atoms with Crippen LogP contribution in [0.3, 0.4) is 0 Å². The zero-order chi connectivity index (χ0) is 33.9. The molecule has 0 saturated carbocycles. The summed E-state index contributed by atoms with van der Waals surface area (Å²) >= 11 is 0. The fourth-order valence-electron chi connectivity index (χ4n) is 7.62. The van der Waals surface area contributed by atoms with Crippen LogP contribution in [0.25, 0.3) is 0 Å². The smallest absolute Gasteiger partial charge is 0.243 e. The Balaban J connectivity index is 9.79. The standard InChI is InChI=1S/C30H43F7N4/c1-20(2,16-39)29(34,35)23(7,8)28(19(15-38)22(5,6)31,24(9,10)30(36,37)21(3,4)17-40)27(18-41,25(11,12)32)26(13,14)33/h19H,1-14H3. The van der Waals surface area contributed by atoms with E-state index in [1.54, 1.807) is 0 Å². The summed E-state index contributed by atoms with van der Waals surface area (Å²) in [5.74, 6) is -11.8. The molecule has 1 unspecified atom stereocenters. The Hall–Kier alpha value is -2.53. The zero-order valence-corrected chi connectivity index (χ0v) is 26.5. The average molecular weight is 593 g/mol. The van der Waals surface area contributed by atoms with Crippen LogP contribution in [0.15, 0.2) is 0 Å². The van der Waals surface area contributed by atoms with Gasteiger partial charge in [-0.25, -0.2) is 30.7 Å². The minimum absolute atomic E-state index is 0.624. The Bertz CT molecular complexity index is 1100. The minimum Gasteiger partial charge on any atom is -0.243 e. The first kappa shape index (κ1) is 38.5. The lowest BCUT2D eigenvalue weighted by Crippen LogP contribution is -2.80. The summed E-state index contributed by atoms with van der Waals surface area (Å²) in [5.41, 5.74) is -29.2. The first-order valence-electron chi connectivity index (χ1n) is 13.1. The highest BCUT2D eigenvalue weighted by Crippen LogP contribution is 2.80. The van der Waals surface area contributed by atoms with Gasteiger partial charge in [0.2, 0.25) is 0 Å². The monoisotopic (exact) mass is 592 g/mol. The van der Waals surface area contributed by atoms with Crippen molar-refractivity contribution < 1.29 is 30.7 Å². The van der Waals surface area contributed by atoms with Crippen molar-refractivity contribution >= 4 is 0 Å². The van der Waals surface area contributed by atoms with Crippen molar-refractivity contribution in [2.75, 3.05) is 0 Å². The second kappa shape index (κ2) is 10.0. The summed E-state index contributed by atoms with van der Waals surface area (Å²) in [6.45, 7) is 9.49. The van der Waals surface area contributed by atoms with Gasteiger partial charge in [-0.15, -0.1) is 0 Å². The maximum Gasteiger partial charge on any atom is 0.271 e. The zero-order valence-electron chi connectivity index (χ0n) is 26.5. The Morgan fingerprint density at radius 1 is 0.463 bits per heavy atom. The minimum atomic E-state index is -4.52. The molecule has 232 valence electrons. The lowest BCUT2D eigenvalue weighted by molar-refractivity contribution is -0.364. The van der Waals surface area contributed by atoms with Gasteiger partial charge in [0.25, 0.3) is 11.8 Å². The van der Waals surface area contributed by atoms with Crippen LogP contribution in [0.5, 0.6) is 0 Å². The van der Waals surface area contributed by atoms with Crippen LogP contribution in [0.2, 0.25) is 0 Å². The van der Waals surface area contributed by atoms with Crippen LogP contribution >= 0.6 is 0 Å². The van der Waals surface area contributed by atoms with Gasteiger partial charge in [0, 0.05) is 16.2 Å². The molecule has 0 aliphatic carbocycles. The molecule has 0 radical (unpaired) electrons. The van der Waals surface area contributed by atoms with E-state index >= 15 is 30.7 Å². The molecule has 41 heavy (non-hydrogen) atoms. The van der Waals surface area contributed by atoms with Gasteiger partial charge in [-0.2, -0.15) is 21.0 Å². The van der Waals surface area contributed by atoms with Crippen LogP contribution in [-0.4, -0.2) is 28.9 Å². The Kier molecular flexibility index (Phi) is 9.42. The number of nitriles is 4. The maximum atomic E-state index is 17.0. The van der Waals surface area contributed by atoms with E-state index in [2.05, 4.69) is 0 Å². The molecule has 0 amide bonds. The molecule has 0 bridgehead atoms. The molecule has 0 rings (SSSR count). The van der Waals surface area contributed by atoms with Crippen molar-refractivity contribution in [2.24, 2.45) is 38.4 Å². The molecule has 0 N–H and O–H groups in total. The number of halogens is 7. The van der Waals surface area contributed by atoms with Crippen LogP contribution < -0.4 is 0 Å². The number of nitrogens with zero attached hydrogens (tertiary/aromatic N) is 4. The highest BCUT2D eigenvalue weighted by Gasteiger charge is 2.88. The SMILES string of the molecule is CC(C)(F)C(C#N)C(C(C)(C)C(F)(F)C(C)(C)C#N)(C(C)(C)C(F)(F)C(C)(C)C#N)C(C#N)(C(C)(C)F)C(C)(C)F. The molecule has 0 heterocycles. The third-order valence-electron chi connectivity index (χ3n) is 9.46. The molecule has 0 aromatic carbocycles. The quantitative estimate of drug-likeness (QED) is 0.223. The van der Waals surface area contributed by atoms with Gasteiger partial charge >= 0.3 is 0 Å². The Morgan fingerprint density at radius 2 is 0.732 bits per heavy atom. The van der Waals surface area contributed by atoms with Gasteiger partial charge in [-0.05, 0) is 69.2 Å². The maximum absolute atomic E-state index is 17.0. The fraction of sp³-hybridized carbons (Fsp3) is 0.867. The fourth-order valence-corrected chi connectivity index (χ4v) is 7.62. The normalized spacial score (nSPS) is 16.2. The van der Waals surface area contributed by atoms with Gasteiger partial charge in [0.15, 0.2) is 0 Å². The van der Waals surface area contributed by atoms with Crippen molar-refractivity contribution in [1.82, 2.24) is 0 Å². The van der Waals surface area contributed by atoms with Gasteiger partial charge in [-0.3, -0.25) is 0 Å². The van der Waals surface area contributed by atoms with E-state index in [1.165, 1.54) is 24.3 Å². The van der Waals surface area contributed by atoms with Gasteiger partial charge in [0.05, 0.1) is 30.2 Å². The van der Waals surface area contributed by atoms with Crippen molar-refractivity contribution in [2.45, 2.75) is 126 Å². The van der Waals surface area contributed by atoms with Crippen molar-refractivity contribution in [1.29, 1.82) is 21.0 Å². The molecule has 0 fully saturated rings. The van der Waals surface area contributed by atoms with E-state index < -0.39 is 67.3 Å². The van der Waals surface area contributed by atoms with E-state index in [0.717, 1.165) is 27.7 Å². The van der Waals surface area contributed by atoms with Gasteiger partial charge in [-0.1, -0.05) is 27.7 Å². The highest BCUT2D eigenvalue weighted by atomic mass is 19.3. The van der Waals surface area contributed by atoms with Crippen LogP contribution in [-0.2, 0) is 0 Å². The lowest BCUT2D eigenvalue weighted by Gasteiger charge is -2.72. The van der Waals surface area contributed by atoms with Crippen LogP contribution in [0.4, 0.5) is 30.7 Å². The third kappa shape index (κ3) is 4.58.